The van der Waals surface area contributed by atoms with Crippen LogP contribution >= 0.6 is 23.4 Å². The Hall–Kier alpha value is -1.20. The zero-order valence-electron chi connectivity index (χ0n) is 9.60. The average molecular weight is 282 g/mol. The van der Waals surface area contributed by atoms with Gasteiger partial charge in [-0.3, -0.25) is 0 Å². The molecule has 2 aromatic rings. The van der Waals surface area contributed by atoms with Crippen molar-refractivity contribution < 1.29 is 4.52 Å². The number of hydrogen-bond donors (Lipinski definition) is 1. The van der Waals surface area contributed by atoms with Crippen molar-refractivity contribution in [2.75, 3.05) is 11.5 Å². The van der Waals surface area contributed by atoms with Gasteiger partial charge >= 0.3 is 0 Å². The van der Waals surface area contributed by atoms with Crippen LogP contribution < -0.4 is 5.73 Å². The Morgan fingerprint density at radius 1 is 1.44 bits per heavy atom. The lowest BCUT2D eigenvalue weighted by Crippen LogP contribution is -1.92. The molecule has 0 bridgehead atoms. The van der Waals surface area contributed by atoms with Crippen LogP contribution in [-0.4, -0.2) is 15.9 Å². The summed E-state index contributed by atoms with van der Waals surface area (Å²) < 4.78 is 5.29. The molecule has 1 aliphatic heterocycles. The maximum Gasteiger partial charge on any atom is 0.260 e. The predicted octanol–water partition coefficient (Wildman–Crippen LogP) is 3.54. The van der Waals surface area contributed by atoms with Crippen molar-refractivity contribution >= 4 is 29.1 Å². The second kappa shape index (κ2) is 4.82. The van der Waals surface area contributed by atoms with Gasteiger partial charge in [0, 0.05) is 10.7 Å². The maximum atomic E-state index is 5.90. The lowest BCUT2D eigenvalue weighted by Gasteiger charge is -2.01. The van der Waals surface area contributed by atoms with Gasteiger partial charge in [0.15, 0.2) is 5.82 Å². The van der Waals surface area contributed by atoms with E-state index in [2.05, 4.69) is 10.1 Å². The first-order valence-corrected chi connectivity index (χ1v) is 7.17. The third kappa shape index (κ3) is 2.20. The molecule has 3 rings (SSSR count). The molecule has 0 spiro atoms. The molecule has 2 N–H and O–H groups in total. The molecule has 0 saturated carbocycles. The van der Waals surface area contributed by atoms with Crippen molar-refractivity contribution in [3.63, 3.8) is 0 Å². The van der Waals surface area contributed by atoms with E-state index in [0.29, 0.717) is 21.9 Å². The summed E-state index contributed by atoms with van der Waals surface area (Å²) in [6.45, 7) is 0. The molecular formula is C12H12ClN3OS. The zero-order chi connectivity index (χ0) is 12.5. The summed E-state index contributed by atoms with van der Waals surface area (Å²) in [5.41, 5.74) is 7.19. The van der Waals surface area contributed by atoms with Gasteiger partial charge in [0.2, 0.25) is 0 Å². The summed E-state index contributed by atoms with van der Waals surface area (Å²) in [4.78, 5) is 4.43. The normalized spacial score (nSPS) is 19.3. The van der Waals surface area contributed by atoms with E-state index < -0.39 is 0 Å². The van der Waals surface area contributed by atoms with E-state index in [9.17, 15) is 0 Å². The molecule has 1 aliphatic rings. The first kappa shape index (κ1) is 11.9. The summed E-state index contributed by atoms with van der Waals surface area (Å²) in [5, 5.41) is 5.00. The van der Waals surface area contributed by atoms with Gasteiger partial charge in [0.25, 0.3) is 5.89 Å². The number of aromatic nitrogens is 2. The maximum absolute atomic E-state index is 5.90. The Labute approximate surface area is 114 Å². The highest BCUT2D eigenvalue weighted by Crippen LogP contribution is 2.39. The van der Waals surface area contributed by atoms with Gasteiger partial charge in [-0.25, -0.2) is 0 Å². The summed E-state index contributed by atoms with van der Waals surface area (Å²) in [6, 6.07) is 5.25. The van der Waals surface area contributed by atoms with Crippen molar-refractivity contribution in [1.82, 2.24) is 10.1 Å². The lowest BCUT2D eigenvalue weighted by molar-refractivity contribution is 0.421. The number of hydrogen-bond acceptors (Lipinski definition) is 5. The fourth-order valence-corrected chi connectivity index (χ4v) is 3.36. The lowest BCUT2D eigenvalue weighted by atomic mass is 10.2. The molecule has 4 nitrogen and oxygen atoms in total. The standard InChI is InChI=1S/C12H12ClN3OS/c13-7-3-4-8(9(14)6-7)12-15-11(16-17-12)10-2-1-5-18-10/h3-4,6,10H,1-2,5,14H2. The number of rotatable bonds is 2. The van der Waals surface area contributed by atoms with E-state index >= 15 is 0 Å². The van der Waals surface area contributed by atoms with Crippen molar-refractivity contribution in [3.05, 3.63) is 29.0 Å². The van der Waals surface area contributed by atoms with Crippen LogP contribution in [0.5, 0.6) is 0 Å². The van der Waals surface area contributed by atoms with Gasteiger partial charge in [-0.15, -0.1) is 0 Å². The molecule has 0 aliphatic carbocycles. The minimum absolute atomic E-state index is 0.357. The summed E-state index contributed by atoms with van der Waals surface area (Å²) in [5.74, 6) is 2.39. The van der Waals surface area contributed by atoms with Gasteiger partial charge in [-0.2, -0.15) is 16.7 Å². The van der Waals surface area contributed by atoms with Crippen LogP contribution in [0.15, 0.2) is 22.7 Å². The van der Waals surface area contributed by atoms with Crippen molar-refractivity contribution in [3.8, 4) is 11.5 Å². The molecule has 6 heteroatoms. The minimum atomic E-state index is 0.357. The number of nitrogens with two attached hydrogens (primary N) is 1. The van der Waals surface area contributed by atoms with E-state index in [1.54, 1.807) is 18.2 Å². The molecular weight excluding hydrogens is 270 g/mol. The monoisotopic (exact) mass is 281 g/mol. The SMILES string of the molecule is Nc1cc(Cl)ccc1-c1nc(C2CCCS2)no1. The number of nitrogen functional groups attached to an aromatic ring is 1. The van der Waals surface area contributed by atoms with E-state index in [1.165, 1.54) is 6.42 Å². The van der Waals surface area contributed by atoms with Crippen molar-refractivity contribution in [2.45, 2.75) is 18.1 Å². The van der Waals surface area contributed by atoms with Gasteiger partial charge in [0.1, 0.15) is 0 Å². The van der Waals surface area contributed by atoms with Crippen LogP contribution in [0, 0.1) is 0 Å². The summed E-state index contributed by atoms with van der Waals surface area (Å²) in [7, 11) is 0. The number of thioether (sulfide) groups is 1. The van der Waals surface area contributed by atoms with Gasteiger partial charge < -0.3 is 10.3 Å². The molecule has 0 amide bonds. The van der Waals surface area contributed by atoms with Gasteiger partial charge in [-0.05, 0) is 36.8 Å². The molecule has 1 unspecified atom stereocenters. The molecule has 94 valence electrons. The smallest absolute Gasteiger partial charge is 0.260 e. The second-order valence-electron chi connectivity index (χ2n) is 4.19. The topological polar surface area (TPSA) is 64.9 Å². The predicted molar refractivity (Wildman–Crippen MR) is 73.6 cm³/mol. The molecule has 2 heterocycles. The Balaban J connectivity index is 1.92. The molecule has 1 aromatic carbocycles. The quantitative estimate of drug-likeness (QED) is 0.853. The molecule has 0 radical (unpaired) electrons. The fraction of sp³-hybridized carbons (Fsp3) is 0.333. The first-order valence-electron chi connectivity index (χ1n) is 5.74. The van der Waals surface area contributed by atoms with Crippen LogP contribution in [0.2, 0.25) is 5.02 Å². The first-order chi connectivity index (χ1) is 8.74. The molecule has 1 atom stereocenters. The van der Waals surface area contributed by atoms with E-state index in [0.717, 1.165) is 23.6 Å². The summed E-state index contributed by atoms with van der Waals surface area (Å²) in [6.07, 6.45) is 2.32. The number of halogens is 1. The van der Waals surface area contributed by atoms with Crippen molar-refractivity contribution in [2.24, 2.45) is 0 Å². The minimum Gasteiger partial charge on any atom is -0.398 e. The highest BCUT2D eigenvalue weighted by molar-refractivity contribution is 7.99. The number of anilines is 1. The Bertz CT molecular complexity index is 566. The Morgan fingerprint density at radius 3 is 3.06 bits per heavy atom. The van der Waals surface area contributed by atoms with Gasteiger partial charge in [-0.1, -0.05) is 16.8 Å². The molecule has 1 aromatic heterocycles. The van der Waals surface area contributed by atoms with Crippen LogP contribution in [0.4, 0.5) is 5.69 Å². The molecule has 18 heavy (non-hydrogen) atoms. The summed E-state index contributed by atoms with van der Waals surface area (Å²) >= 11 is 7.74. The van der Waals surface area contributed by atoms with E-state index in [4.69, 9.17) is 21.9 Å². The van der Waals surface area contributed by atoms with E-state index in [-0.39, 0.29) is 0 Å². The Morgan fingerprint density at radius 2 is 2.33 bits per heavy atom. The largest absolute Gasteiger partial charge is 0.398 e. The third-order valence-electron chi connectivity index (χ3n) is 2.90. The fourth-order valence-electron chi connectivity index (χ4n) is 1.98. The van der Waals surface area contributed by atoms with Crippen LogP contribution in [-0.2, 0) is 0 Å². The molecule has 1 saturated heterocycles. The molecule has 1 fully saturated rings. The zero-order valence-corrected chi connectivity index (χ0v) is 11.2. The van der Waals surface area contributed by atoms with Gasteiger partial charge in [0.05, 0.1) is 10.8 Å². The number of nitrogens with zero attached hydrogens (tertiary/aromatic N) is 2. The average Bonchev–Trinajstić information content (AvgIpc) is 2.99. The van der Waals surface area contributed by atoms with Crippen LogP contribution in [0.25, 0.3) is 11.5 Å². The third-order valence-corrected chi connectivity index (χ3v) is 4.51. The Kier molecular flexibility index (Phi) is 3.18. The highest BCUT2D eigenvalue weighted by Gasteiger charge is 2.23. The van der Waals surface area contributed by atoms with E-state index in [1.807, 2.05) is 11.8 Å². The van der Waals surface area contributed by atoms with Crippen LogP contribution in [0.3, 0.4) is 0 Å². The van der Waals surface area contributed by atoms with Crippen LogP contribution in [0.1, 0.15) is 23.9 Å². The van der Waals surface area contributed by atoms with Crippen molar-refractivity contribution in [1.29, 1.82) is 0 Å². The number of benzene rings is 1. The highest BCUT2D eigenvalue weighted by atomic mass is 35.5. The second-order valence-corrected chi connectivity index (χ2v) is 5.94.